The van der Waals surface area contributed by atoms with E-state index >= 15 is 4.39 Å². The Balaban J connectivity index is 1.74. The Morgan fingerprint density at radius 2 is 1.55 bits per heavy atom. The SMILES string of the molecule is CCCCCCCCC(=O)N(Cc1ccccc1)C(C)c1nc2ccccc2c(=O)n1-c1ccccc1F. The van der Waals surface area contributed by atoms with Crippen molar-refractivity contribution in [2.45, 2.75) is 71.4 Å². The molecular formula is C32H36FN3O2. The summed E-state index contributed by atoms with van der Waals surface area (Å²) < 4.78 is 16.4. The summed E-state index contributed by atoms with van der Waals surface area (Å²) in [6.07, 6.45) is 6.94. The first kappa shape index (κ1) is 27.2. The first-order valence-electron chi connectivity index (χ1n) is 13.6. The second-order valence-corrected chi connectivity index (χ2v) is 9.78. The molecular weight excluding hydrogens is 477 g/mol. The largest absolute Gasteiger partial charge is 0.328 e. The minimum atomic E-state index is -0.570. The molecule has 198 valence electrons. The molecule has 0 saturated heterocycles. The summed E-state index contributed by atoms with van der Waals surface area (Å²) in [6, 6.07) is 22.5. The van der Waals surface area contributed by atoms with E-state index in [1.54, 1.807) is 41.3 Å². The van der Waals surface area contributed by atoms with Crippen LogP contribution in [0.4, 0.5) is 4.39 Å². The number of rotatable bonds is 12. The number of nitrogens with zero attached hydrogens (tertiary/aromatic N) is 3. The quantitative estimate of drug-likeness (QED) is 0.186. The summed E-state index contributed by atoms with van der Waals surface area (Å²) in [7, 11) is 0. The maximum atomic E-state index is 15.0. The van der Waals surface area contributed by atoms with Gasteiger partial charge in [-0.15, -0.1) is 0 Å². The topological polar surface area (TPSA) is 55.2 Å². The summed E-state index contributed by atoms with van der Waals surface area (Å²) in [5, 5.41) is 0.403. The maximum absolute atomic E-state index is 15.0. The number of carbonyl (C=O) groups is 1. The molecule has 0 fully saturated rings. The van der Waals surface area contributed by atoms with E-state index in [4.69, 9.17) is 4.98 Å². The Morgan fingerprint density at radius 3 is 2.32 bits per heavy atom. The van der Waals surface area contributed by atoms with Crippen molar-refractivity contribution in [1.82, 2.24) is 14.5 Å². The number of carbonyl (C=O) groups excluding carboxylic acids is 1. The predicted octanol–water partition coefficient (Wildman–Crippen LogP) is 7.37. The van der Waals surface area contributed by atoms with Crippen LogP contribution in [-0.4, -0.2) is 20.4 Å². The molecule has 0 N–H and O–H groups in total. The van der Waals surface area contributed by atoms with Crippen molar-refractivity contribution in [1.29, 1.82) is 0 Å². The van der Waals surface area contributed by atoms with Crippen LogP contribution in [-0.2, 0) is 11.3 Å². The van der Waals surface area contributed by atoms with Gasteiger partial charge in [0.15, 0.2) is 0 Å². The summed E-state index contributed by atoms with van der Waals surface area (Å²) in [5.41, 5.74) is 1.28. The Morgan fingerprint density at radius 1 is 0.895 bits per heavy atom. The fraction of sp³-hybridized carbons (Fsp3) is 0.344. The molecule has 4 aromatic rings. The average Bonchev–Trinajstić information content (AvgIpc) is 2.94. The zero-order valence-corrected chi connectivity index (χ0v) is 22.3. The van der Waals surface area contributed by atoms with Crippen molar-refractivity contribution in [3.63, 3.8) is 0 Å². The van der Waals surface area contributed by atoms with E-state index in [-0.39, 0.29) is 17.2 Å². The Labute approximate surface area is 224 Å². The lowest BCUT2D eigenvalue weighted by Gasteiger charge is -2.31. The second-order valence-electron chi connectivity index (χ2n) is 9.78. The van der Waals surface area contributed by atoms with Gasteiger partial charge in [0.2, 0.25) is 5.91 Å². The number of unbranched alkanes of at least 4 members (excludes halogenated alkanes) is 5. The van der Waals surface area contributed by atoms with E-state index in [0.717, 1.165) is 24.8 Å². The van der Waals surface area contributed by atoms with E-state index in [1.807, 2.05) is 43.3 Å². The van der Waals surface area contributed by atoms with Gasteiger partial charge < -0.3 is 4.90 Å². The smallest absolute Gasteiger partial charge is 0.266 e. The van der Waals surface area contributed by atoms with E-state index in [2.05, 4.69) is 6.92 Å². The molecule has 0 saturated carbocycles. The standard InChI is InChI=1S/C32H36FN3O2/c1-3-4-5-6-7-11-22-30(37)35(23-25-16-9-8-10-17-25)24(2)31-34-28-20-14-12-18-26(28)32(38)36(31)29-21-15-13-19-27(29)33/h8-10,12-21,24H,3-7,11,22-23H2,1-2H3. The van der Waals surface area contributed by atoms with E-state index < -0.39 is 11.9 Å². The molecule has 0 aliphatic rings. The third-order valence-corrected chi connectivity index (χ3v) is 7.00. The first-order chi connectivity index (χ1) is 18.5. The number of hydrogen-bond acceptors (Lipinski definition) is 3. The highest BCUT2D eigenvalue weighted by atomic mass is 19.1. The van der Waals surface area contributed by atoms with E-state index in [0.29, 0.717) is 29.7 Å². The van der Waals surface area contributed by atoms with Crippen LogP contribution in [0, 0.1) is 5.82 Å². The van der Waals surface area contributed by atoms with Crippen LogP contribution < -0.4 is 5.56 Å². The van der Waals surface area contributed by atoms with Gasteiger partial charge in [-0.3, -0.25) is 14.2 Å². The number of fused-ring (bicyclic) bond motifs is 1. The third-order valence-electron chi connectivity index (χ3n) is 7.00. The Bertz CT molecular complexity index is 1420. The van der Waals surface area contributed by atoms with E-state index in [1.165, 1.54) is 29.9 Å². The molecule has 4 rings (SSSR count). The van der Waals surface area contributed by atoms with Crippen LogP contribution in [0.25, 0.3) is 16.6 Å². The van der Waals surface area contributed by atoms with Crippen molar-refractivity contribution in [3.8, 4) is 5.69 Å². The number of amides is 1. The van der Waals surface area contributed by atoms with Crippen LogP contribution in [0.5, 0.6) is 0 Å². The monoisotopic (exact) mass is 513 g/mol. The van der Waals surface area contributed by atoms with Crippen molar-refractivity contribution >= 4 is 16.8 Å². The van der Waals surface area contributed by atoms with E-state index in [9.17, 15) is 9.59 Å². The first-order valence-corrected chi connectivity index (χ1v) is 13.6. The van der Waals surface area contributed by atoms with Gasteiger partial charge in [-0.25, -0.2) is 9.37 Å². The molecule has 0 radical (unpaired) electrons. The van der Waals surface area contributed by atoms with Crippen LogP contribution in [0.15, 0.2) is 83.7 Å². The zero-order chi connectivity index (χ0) is 26.9. The van der Waals surface area contributed by atoms with Crippen LogP contribution >= 0.6 is 0 Å². The third kappa shape index (κ3) is 6.36. The highest BCUT2D eigenvalue weighted by molar-refractivity contribution is 5.79. The van der Waals surface area contributed by atoms with Crippen LogP contribution in [0.1, 0.15) is 76.2 Å². The van der Waals surface area contributed by atoms with Gasteiger partial charge in [0, 0.05) is 13.0 Å². The lowest BCUT2D eigenvalue weighted by Crippen LogP contribution is -2.37. The maximum Gasteiger partial charge on any atom is 0.266 e. The van der Waals surface area contributed by atoms with Gasteiger partial charge in [-0.05, 0) is 43.2 Å². The zero-order valence-electron chi connectivity index (χ0n) is 22.3. The fourth-order valence-corrected chi connectivity index (χ4v) is 4.86. The van der Waals surface area contributed by atoms with Gasteiger partial charge in [0.25, 0.3) is 5.56 Å². The molecule has 3 aromatic carbocycles. The molecule has 6 heteroatoms. The van der Waals surface area contributed by atoms with Crippen LogP contribution in [0.2, 0.25) is 0 Å². The van der Waals surface area contributed by atoms with Gasteiger partial charge in [0.05, 0.1) is 22.6 Å². The summed E-state index contributed by atoms with van der Waals surface area (Å²) in [4.78, 5) is 34.0. The molecule has 1 aromatic heterocycles. The predicted molar refractivity (Wildman–Crippen MR) is 151 cm³/mol. The molecule has 0 spiro atoms. The highest BCUT2D eigenvalue weighted by Crippen LogP contribution is 2.26. The average molecular weight is 514 g/mol. The highest BCUT2D eigenvalue weighted by Gasteiger charge is 2.27. The van der Waals surface area contributed by atoms with Gasteiger partial charge in [0.1, 0.15) is 11.6 Å². The van der Waals surface area contributed by atoms with Crippen molar-refractivity contribution in [2.24, 2.45) is 0 Å². The number of halogens is 1. The summed E-state index contributed by atoms with van der Waals surface area (Å²) in [5.74, 6) is -0.182. The Hall–Kier alpha value is -3.80. The molecule has 0 aliphatic heterocycles. The van der Waals surface area contributed by atoms with Crippen LogP contribution in [0.3, 0.4) is 0 Å². The lowest BCUT2D eigenvalue weighted by atomic mass is 10.1. The lowest BCUT2D eigenvalue weighted by molar-refractivity contribution is -0.134. The summed E-state index contributed by atoms with van der Waals surface area (Å²) in [6.45, 7) is 4.43. The van der Waals surface area contributed by atoms with Crippen molar-refractivity contribution in [3.05, 3.63) is 106 Å². The minimum Gasteiger partial charge on any atom is -0.328 e. The molecule has 0 aliphatic carbocycles. The molecule has 1 amide bonds. The molecule has 0 bridgehead atoms. The molecule has 1 unspecified atom stereocenters. The number of aromatic nitrogens is 2. The number of benzene rings is 3. The van der Waals surface area contributed by atoms with Crippen molar-refractivity contribution < 1.29 is 9.18 Å². The fourth-order valence-electron chi connectivity index (χ4n) is 4.86. The molecule has 5 nitrogen and oxygen atoms in total. The Kier molecular flexibility index (Phi) is 9.41. The van der Waals surface area contributed by atoms with Gasteiger partial charge >= 0.3 is 0 Å². The second kappa shape index (κ2) is 13.1. The molecule has 1 heterocycles. The van der Waals surface area contributed by atoms with Gasteiger partial charge in [-0.1, -0.05) is 93.6 Å². The van der Waals surface area contributed by atoms with Gasteiger partial charge in [-0.2, -0.15) is 0 Å². The number of hydrogen-bond donors (Lipinski definition) is 0. The molecule has 1 atom stereocenters. The van der Waals surface area contributed by atoms with Crippen molar-refractivity contribution in [2.75, 3.05) is 0 Å². The number of para-hydroxylation sites is 2. The molecule has 38 heavy (non-hydrogen) atoms. The summed E-state index contributed by atoms with van der Waals surface area (Å²) >= 11 is 0. The minimum absolute atomic E-state index is 0.000615. The normalized spacial score (nSPS) is 12.0.